The van der Waals surface area contributed by atoms with E-state index >= 15 is 0 Å². The Balaban J connectivity index is 3.15. The summed E-state index contributed by atoms with van der Waals surface area (Å²) in [7, 11) is 0. The molecular weight excluding hydrogens is 340 g/mol. The van der Waals surface area contributed by atoms with E-state index in [0.717, 1.165) is 20.8 Å². The van der Waals surface area contributed by atoms with Crippen LogP contribution in [0.15, 0.2) is 5.16 Å². The van der Waals surface area contributed by atoms with Gasteiger partial charge < -0.3 is 29.5 Å². The first-order valence-corrected chi connectivity index (χ1v) is 7.29. The highest BCUT2D eigenvalue weighted by Gasteiger charge is 2.51. The van der Waals surface area contributed by atoms with Crippen molar-refractivity contribution in [2.24, 2.45) is 5.16 Å². The van der Waals surface area contributed by atoms with Gasteiger partial charge in [0.25, 0.3) is 5.90 Å². The number of esters is 3. The normalized spacial score (nSPS) is 24.8. The molecule has 1 saturated heterocycles. The number of carbonyl (C=O) groups is 4. The molecule has 25 heavy (non-hydrogen) atoms. The van der Waals surface area contributed by atoms with Gasteiger partial charge in [-0.2, -0.15) is 0 Å². The third-order valence-corrected chi connectivity index (χ3v) is 3.07. The van der Waals surface area contributed by atoms with Crippen LogP contribution in [-0.2, 0) is 38.1 Å². The molecular formula is C14H20N2O9. The van der Waals surface area contributed by atoms with Crippen molar-refractivity contribution in [1.29, 1.82) is 0 Å². The van der Waals surface area contributed by atoms with Crippen molar-refractivity contribution >= 4 is 29.7 Å². The van der Waals surface area contributed by atoms with Crippen LogP contribution in [-0.4, -0.2) is 65.9 Å². The molecule has 140 valence electrons. The van der Waals surface area contributed by atoms with Crippen LogP contribution in [0.3, 0.4) is 0 Å². The van der Waals surface area contributed by atoms with Crippen LogP contribution in [0.25, 0.3) is 0 Å². The molecule has 0 radical (unpaired) electrons. The van der Waals surface area contributed by atoms with Crippen LogP contribution >= 0.6 is 0 Å². The Morgan fingerprint density at radius 2 is 1.80 bits per heavy atom. The molecule has 1 aliphatic rings. The molecule has 0 spiro atoms. The summed E-state index contributed by atoms with van der Waals surface area (Å²) in [5, 5.41) is 14.4. The highest BCUT2D eigenvalue weighted by Crippen LogP contribution is 2.25. The fourth-order valence-electron chi connectivity index (χ4n) is 2.28. The van der Waals surface area contributed by atoms with Crippen LogP contribution in [0.5, 0.6) is 0 Å². The minimum atomic E-state index is -1.17. The van der Waals surface area contributed by atoms with Crippen molar-refractivity contribution in [3.05, 3.63) is 0 Å². The Hall–Kier alpha value is -2.85. The SMILES string of the molecule is CC(=O)NC1/C(=N/O)O[C@H](C(COC(C)=O)OC(C)=O)[C@H]1OC(C)=O. The molecule has 0 aromatic heterocycles. The fraction of sp³-hybridized carbons (Fsp3) is 0.643. The average Bonchev–Trinajstić information content (AvgIpc) is 2.79. The molecule has 0 aliphatic carbocycles. The molecule has 1 aliphatic heterocycles. The molecule has 1 rings (SSSR count). The van der Waals surface area contributed by atoms with Crippen molar-refractivity contribution < 1.29 is 43.3 Å². The van der Waals surface area contributed by atoms with Crippen LogP contribution in [0.1, 0.15) is 27.7 Å². The maximum absolute atomic E-state index is 11.4. The first-order valence-electron chi connectivity index (χ1n) is 7.29. The van der Waals surface area contributed by atoms with Crippen molar-refractivity contribution in [3.63, 3.8) is 0 Å². The average molecular weight is 360 g/mol. The Morgan fingerprint density at radius 1 is 1.16 bits per heavy atom. The third-order valence-electron chi connectivity index (χ3n) is 3.07. The van der Waals surface area contributed by atoms with Gasteiger partial charge in [0.2, 0.25) is 5.91 Å². The van der Waals surface area contributed by atoms with E-state index in [1.807, 2.05) is 0 Å². The lowest BCUT2D eigenvalue weighted by Gasteiger charge is -2.27. The van der Waals surface area contributed by atoms with E-state index in [0.29, 0.717) is 0 Å². The summed E-state index contributed by atoms with van der Waals surface area (Å²) in [5.41, 5.74) is 0. The number of hydrogen-bond donors (Lipinski definition) is 2. The second-order valence-corrected chi connectivity index (χ2v) is 5.22. The van der Waals surface area contributed by atoms with Crippen LogP contribution in [0.2, 0.25) is 0 Å². The first kappa shape index (κ1) is 20.2. The zero-order valence-corrected chi connectivity index (χ0v) is 14.2. The van der Waals surface area contributed by atoms with E-state index < -0.39 is 48.2 Å². The Kier molecular flexibility index (Phi) is 7.15. The Morgan fingerprint density at radius 3 is 2.24 bits per heavy atom. The highest BCUT2D eigenvalue weighted by atomic mass is 16.6. The maximum Gasteiger partial charge on any atom is 0.303 e. The molecule has 1 amide bonds. The number of nitrogens with one attached hydrogen (secondary N) is 1. The Labute approximate surface area is 143 Å². The van der Waals surface area contributed by atoms with Crippen molar-refractivity contribution in [2.75, 3.05) is 6.61 Å². The van der Waals surface area contributed by atoms with Gasteiger partial charge in [0, 0.05) is 27.7 Å². The first-order chi connectivity index (χ1) is 11.6. The zero-order chi connectivity index (χ0) is 19.1. The second-order valence-electron chi connectivity index (χ2n) is 5.22. The third kappa shape index (κ3) is 5.94. The molecule has 1 fully saturated rings. The molecule has 1 heterocycles. The molecule has 11 heteroatoms. The lowest BCUT2D eigenvalue weighted by molar-refractivity contribution is -0.171. The molecule has 0 aromatic carbocycles. The van der Waals surface area contributed by atoms with E-state index in [1.54, 1.807) is 0 Å². The van der Waals surface area contributed by atoms with Crippen molar-refractivity contribution in [2.45, 2.75) is 52.0 Å². The number of hydrogen-bond acceptors (Lipinski definition) is 10. The van der Waals surface area contributed by atoms with E-state index in [-0.39, 0.29) is 12.5 Å². The van der Waals surface area contributed by atoms with Gasteiger partial charge in [-0.1, -0.05) is 5.16 Å². The van der Waals surface area contributed by atoms with Gasteiger partial charge in [0.1, 0.15) is 12.6 Å². The van der Waals surface area contributed by atoms with Crippen LogP contribution in [0.4, 0.5) is 0 Å². The summed E-state index contributed by atoms with van der Waals surface area (Å²) in [4.78, 5) is 45.1. The number of amides is 1. The van der Waals surface area contributed by atoms with E-state index in [4.69, 9.17) is 24.2 Å². The highest BCUT2D eigenvalue weighted by molar-refractivity contribution is 5.89. The summed E-state index contributed by atoms with van der Waals surface area (Å²) < 4.78 is 20.4. The lowest BCUT2D eigenvalue weighted by Crippen LogP contribution is -2.51. The maximum atomic E-state index is 11.4. The fourth-order valence-corrected chi connectivity index (χ4v) is 2.28. The van der Waals surface area contributed by atoms with Gasteiger partial charge in [0.05, 0.1) is 0 Å². The zero-order valence-electron chi connectivity index (χ0n) is 14.2. The van der Waals surface area contributed by atoms with Gasteiger partial charge in [-0.05, 0) is 0 Å². The largest absolute Gasteiger partial charge is 0.466 e. The standard InChI is InChI=1S/C14H20N2O9/c1-6(17)15-11-13(24-9(4)20)12(25-14(11)16-21)10(23-8(3)19)5-22-7(2)18/h10-13,21H,5H2,1-4H3,(H,15,17)/b16-14-/t10?,11?,12-,13+/m1/s1. The topological polar surface area (TPSA) is 150 Å². The molecule has 0 saturated carbocycles. The van der Waals surface area contributed by atoms with Crippen LogP contribution < -0.4 is 5.32 Å². The molecule has 2 unspecified atom stereocenters. The number of nitrogens with zero attached hydrogens (tertiary/aromatic N) is 1. The summed E-state index contributed by atoms with van der Waals surface area (Å²) in [5.74, 6) is -2.88. The van der Waals surface area contributed by atoms with Gasteiger partial charge >= 0.3 is 17.9 Å². The van der Waals surface area contributed by atoms with Gasteiger partial charge in [-0.15, -0.1) is 0 Å². The van der Waals surface area contributed by atoms with Gasteiger partial charge in [0.15, 0.2) is 18.3 Å². The predicted octanol–water partition coefficient (Wildman–Crippen LogP) is -0.896. The van der Waals surface area contributed by atoms with E-state index in [2.05, 4.69) is 10.5 Å². The van der Waals surface area contributed by atoms with Crippen molar-refractivity contribution in [3.8, 4) is 0 Å². The van der Waals surface area contributed by atoms with Gasteiger partial charge in [-0.3, -0.25) is 19.2 Å². The van der Waals surface area contributed by atoms with Crippen LogP contribution in [0, 0.1) is 0 Å². The number of rotatable bonds is 6. The molecule has 2 N–H and O–H groups in total. The monoisotopic (exact) mass is 360 g/mol. The summed E-state index contributed by atoms with van der Waals surface area (Å²) in [6.07, 6.45) is -3.51. The summed E-state index contributed by atoms with van der Waals surface area (Å²) in [6, 6.07) is -1.10. The minimum absolute atomic E-state index is 0.341. The van der Waals surface area contributed by atoms with E-state index in [9.17, 15) is 19.2 Å². The number of carbonyl (C=O) groups excluding carboxylic acids is 4. The smallest absolute Gasteiger partial charge is 0.303 e. The molecule has 11 nitrogen and oxygen atoms in total. The predicted molar refractivity (Wildman–Crippen MR) is 79.4 cm³/mol. The molecule has 0 bridgehead atoms. The second kappa shape index (κ2) is 8.85. The minimum Gasteiger partial charge on any atom is -0.466 e. The lowest BCUT2D eigenvalue weighted by atomic mass is 10.0. The van der Waals surface area contributed by atoms with E-state index in [1.165, 1.54) is 6.92 Å². The molecule has 0 aromatic rings. The van der Waals surface area contributed by atoms with Gasteiger partial charge in [-0.25, -0.2) is 0 Å². The summed E-state index contributed by atoms with van der Waals surface area (Å²) in [6.45, 7) is 4.23. The Bertz CT molecular complexity index is 575. The van der Waals surface area contributed by atoms with Crippen molar-refractivity contribution in [1.82, 2.24) is 5.32 Å². The number of oxime groups is 1. The molecule has 4 atom stereocenters. The summed E-state index contributed by atoms with van der Waals surface area (Å²) >= 11 is 0. The number of ether oxygens (including phenoxy) is 4. The quantitative estimate of drug-likeness (QED) is 0.266.